The van der Waals surface area contributed by atoms with Crippen molar-refractivity contribution in [2.45, 2.75) is 0 Å². The first-order valence-corrected chi connectivity index (χ1v) is 22.2. The van der Waals surface area contributed by atoms with Crippen LogP contribution in [0.4, 0.5) is 11.4 Å². The maximum Gasteiger partial charge on any atom is 0.0903 e. The molecule has 0 aliphatic rings. The Bertz CT molecular complexity index is 2270. The zero-order valence-electron chi connectivity index (χ0n) is 27.2. The van der Waals surface area contributed by atoms with Gasteiger partial charge >= 0.3 is 0 Å². The van der Waals surface area contributed by atoms with E-state index in [1.165, 1.54) is 0 Å². The highest BCUT2D eigenvalue weighted by molar-refractivity contribution is 8.23. The fourth-order valence-electron chi connectivity index (χ4n) is 6.72. The smallest absolute Gasteiger partial charge is 0.0903 e. The van der Waals surface area contributed by atoms with Crippen molar-refractivity contribution in [3.05, 3.63) is 194 Å². The number of anilines is 2. The van der Waals surface area contributed by atoms with Gasteiger partial charge in [-0.2, -0.15) is 0 Å². The molecule has 0 spiro atoms. The van der Waals surface area contributed by atoms with Crippen molar-refractivity contribution in [1.29, 1.82) is 0 Å². The Morgan fingerprint density at radius 3 is 0.900 bits per heavy atom. The topological polar surface area (TPSA) is 24.1 Å². The van der Waals surface area contributed by atoms with Crippen LogP contribution in [-0.2, 0) is 23.6 Å². The maximum absolute atomic E-state index is 6.77. The monoisotopic (exact) mass is 716 g/mol. The SMILES string of the molecule is S=P(Nc1ccc2ccccc2c1-c1c(NP(=S)(c2ccccc2)c2ccccc2)ccc2ccccc12)(c1ccccc1)c1ccccc1. The van der Waals surface area contributed by atoms with Crippen LogP contribution in [-0.4, -0.2) is 0 Å². The number of rotatable bonds is 9. The molecule has 0 aromatic heterocycles. The minimum Gasteiger partial charge on any atom is -0.350 e. The van der Waals surface area contributed by atoms with Crippen LogP contribution in [0, 0.1) is 0 Å². The predicted octanol–water partition coefficient (Wildman–Crippen LogP) is 10.6. The summed E-state index contributed by atoms with van der Waals surface area (Å²) in [6, 6.07) is 68.1. The second-order valence-corrected chi connectivity index (χ2v) is 20.4. The van der Waals surface area contributed by atoms with Crippen LogP contribution in [0.2, 0.25) is 0 Å². The van der Waals surface area contributed by atoms with Crippen molar-refractivity contribution >= 4 is 90.1 Å². The number of benzene rings is 8. The fraction of sp³-hybridized carbons (Fsp3) is 0. The zero-order valence-corrected chi connectivity index (χ0v) is 30.6. The molecule has 8 aromatic rings. The molecule has 0 aliphatic carbocycles. The van der Waals surface area contributed by atoms with E-state index < -0.39 is 12.4 Å². The van der Waals surface area contributed by atoms with Crippen LogP contribution in [0.3, 0.4) is 0 Å². The lowest BCUT2D eigenvalue weighted by molar-refractivity contribution is 1.64. The largest absolute Gasteiger partial charge is 0.350 e. The van der Waals surface area contributed by atoms with Crippen LogP contribution in [0.1, 0.15) is 0 Å². The Labute approximate surface area is 304 Å². The van der Waals surface area contributed by atoms with E-state index in [9.17, 15) is 0 Å². The van der Waals surface area contributed by atoms with Crippen LogP contribution >= 0.6 is 12.4 Å². The molecule has 0 heterocycles. The molecule has 50 heavy (non-hydrogen) atoms. The van der Waals surface area contributed by atoms with E-state index in [0.717, 1.165) is 65.3 Å². The van der Waals surface area contributed by atoms with Crippen LogP contribution in [0.25, 0.3) is 32.7 Å². The van der Waals surface area contributed by atoms with Gasteiger partial charge in [0, 0.05) is 43.7 Å². The highest BCUT2D eigenvalue weighted by Crippen LogP contribution is 2.53. The van der Waals surface area contributed by atoms with Crippen molar-refractivity contribution in [3.63, 3.8) is 0 Å². The lowest BCUT2D eigenvalue weighted by Gasteiger charge is -2.30. The van der Waals surface area contributed by atoms with Gasteiger partial charge in [0.05, 0.1) is 12.4 Å². The fourth-order valence-corrected chi connectivity index (χ4v) is 13.3. The summed E-state index contributed by atoms with van der Waals surface area (Å²) in [5.41, 5.74) is 4.19. The standard InChI is InChI=1S/C44H34N2P2S2/c49-47(35-19-5-1-6-20-35,36-21-7-2-8-22-36)45-41-31-29-33-17-13-15-27-39(33)43(41)44-40-28-16-14-18-34(40)30-32-42(44)46-48(50,37-23-9-3-10-24-37)38-25-11-4-12-26-38/h1-32H,(H,45,49)(H,46,50). The van der Waals surface area contributed by atoms with E-state index in [0.29, 0.717) is 0 Å². The molecule has 8 rings (SSSR count). The molecule has 0 saturated heterocycles. The molecule has 0 saturated carbocycles. The first-order chi connectivity index (χ1) is 24.5. The molecule has 0 fully saturated rings. The molecule has 2 N–H and O–H groups in total. The van der Waals surface area contributed by atoms with Gasteiger partial charge in [0.15, 0.2) is 0 Å². The van der Waals surface area contributed by atoms with Gasteiger partial charge in [-0.15, -0.1) is 0 Å². The van der Waals surface area contributed by atoms with E-state index in [4.69, 9.17) is 23.6 Å². The molecule has 6 heteroatoms. The van der Waals surface area contributed by atoms with Gasteiger partial charge in [-0.25, -0.2) is 0 Å². The number of nitrogens with one attached hydrogen (secondary N) is 2. The molecule has 8 aromatic carbocycles. The summed E-state index contributed by atoms with van der Waals surface area (Å²) in [5, 5.41) is 17.1. The summed E-state index contributed by atoms with van der Waals surface area (Å²) >= 11 is 13.5. The summed E-state index contributed by atoms with van der Waals surface area (Å²) in [7, 11) is 0. The van der Waals surface area contributed by atoms with Crippen molar-refractivity contribution in [2.75, 3.05) is 10.2 Å². The van der Waals surface area contributed by atoms with Gasteiger partial charge < -0.3 is 10.2 Å². The van der Waals surface area contributed by atoms with E-state index >= 15 is 0 Å². The summed E-state index contributed by atoms with van der Waals surface area (Å²) in [5.74, 6) is 0. The summed E-state index contributed by atoms with van der Waals surface area (Å²) in [6.45, 7) is 0. The van der Waals surface area contributed by atoms with E-state index in [2.05, 4.69) is 180 Å². The molecule has 0 aliphatic heterocycles. The molecule has 242 valence electrons. The molecule has 0 radical (unpaired) electrons. The lowest BCUT2D eigenvalue weighted by Crippen LogP contribution is -2.22. The number of fused-ring (bicyclic) bond motifs is 2. The average Bonchev–Trinajstić information content (AvgIpc) is 3.19. The molecule has 0 unspecified atom stereocenters. The third-order valence-corrected chi connectivity index (χ3v) is 17.4. The van der Waals surface area contributed by atoms with Crippen LogP contribution in [0.5, 0.6) is 0 Å². The molecular weight excluding hydrogens is 683 g/mol. The van der Waals surface area contributed by atoms with Crippen LogP contribution in [0.15, 0.2) is 194 Å². The van der Waals surface area contributed by atoms with E-state index in [-0.39, 0.29) is 0 Å². The Hall–Kier alpha value is -4.82. The molecule has 0 amide bonds. The third-order valence-electron chi connectivity index (χ3n) is 9.14. The summed E-state index contributed by atoms with van der Waals surface area (Å²) in [6.07, 6.45) is -5.07. The Kier molecular flexibility index (Phi) is 8.96. The maximum atomic E-state index is 6.77. The second kappa shape index (κ2) is 13.8. The van der Waals surface area contributed by atoms with Gasteiger partial charge in [-0.3, -0.25) is 0 Å². The Morgan fingerprint density at radius 2 is 0.580 bits per heavy atom. The first kappa shape index (κ1) is 32.4. The quantitative estimate of drug-likeness (QED) is 0.145. The van der Waals surface area contributed by atoms with Crippen LogP contribution < -0.4 is 31.4 Å². The average molecular weight is 717 g/mol. The van der Waals surface area contributed by atoms with Crippen molar-refractivity contribution < 1.29 is 0 Å². The molecule has 2 nitrogen and oxygen atoms in total. The minimum atomic E-state index is -2.53. The lowest BCUT2D eigenvalue weighted by atomic mass is 9.91. The molecule has 0 atom stereocenters. The minimum absolute atomic E-state index is 0.992. The Balaban J connectivity index is 1.42. The third kappa shape index (κ3) is 6.00. The molecular formula is C44H34N2P2S2. The number of hydrogen-bond acceptors (Lipinski definition) is 2. The van der Waals surface area contributed by atoms with Gasteiger partial charge in [-0.1, -0.05) is 206 Å². The van der Waals surface area contributed by atoms with E-state index in [1.807, 2.05) is 24.3 Å². The highest BCUT2D eigenvalue weighted by atomic mass is 32.4. The number of hydrogen-bond donors (Lipinski definition) is 2. The Morgan fingerprint density at radius 1 is 0.300 bits per heavy atom. The zero-order chi connectivity index (χ0) is 34.0. The van der Waals surface area contributed by atoms with Gasteiger partial charge in [0.2, 0.25) is 0 Å². The van der Waals surface area contributed by atoms with Gasteiger partial charge in [-0.05, 0) is 33.7 Å². The van der Waals surface area contributed by atoms with Crippen molar-refractivity contribution in [3.8, 4) is 11.1 Å². The van der Waals surface area contributed by atoms with Crippen molar-refractivity contribution in [2.24, 2.45) is 0 Å². The van der Waals surface area contributed by atoms with Gasteiger partial charge in [0.25, 0.3) is 0 Å². The second-order valence-electron chi connectivity index (χ2n) is 12.2. The van der Waals surface area contributed by atoms with Crippen molar-refractivity contribution in [1.82, 2.24) is 0 Å². The van der Waals surface area contributed by atoms with E-state index in [1.54, 1.807) is 0 Å². The molecule has 0 bridgehead atoms. The normalized spacial score (nSPS) is 11.8. The highest BCUT2D eigenvalue weighted by Gasteiger charge is 2.28. The summed E-state index contributed by atoms with van der Waals surface area (Å²) in [4.78, 5) is 0. The summed E-state index contributed by atoms with van der Waals surface area (Å²) < 4.78 is 0. The first-order valence-electron chi connectivity index (χ1n) is 16.6. The van der Waals surface area contributed by atoms with Gasteiger partial charge in [0.1, 0.15) is 0 Å². The predicted molar refractivity (Wildman–Crippen MR) is 227 cm³/mol.